The van der Waals surface area contributed by atoms with E-state index in [9.17, 15) is 4.79 Å². The molecular formula is C15H17N3O2. The SMILES string of the molecule is NC1(c2nc3cc(/C=C\C(=O)O)ccc3[nH]2)CCCC1. The molecule has 1 aliphatic carbocycles. The number of aliphatic carboxylic acids is 1. The fourth-order valence-electron chi connectivity index (χ4n) is 2.77. The van der Waals surface area contributed by atoms with Crippen LogP contribution >= 0.6 is 0 Å². The van der Waals surface area contributed by atoms with E-state index in [2.05, 4.69) is 9.97 Å². The van der Waals surface area contributed by atoms with E-state index in [4.69, 9.17) is 10.8 Å². The van der Waals surface area contributed by atoms with Crippen molar-refractivity contribution in [3.05, 3.63) is 35.7 Å². The number of nitrogens with zero attached hydrogens (tertiary/aromatic N) is 1. The van der Waals surface area contributed by atoms with Gasteiger partial charge in [-0.2, -0.15) is 0 Å². The van der Waals surface area contributed by atoms with E-state index in [1.54, 1.807) is 6.08 Å². The molecule has 5 heteroatoms. The summed E-state index contributed by atoms with van der Waals surface area (Å²) in [5.74, 6) is -0.121. The molecule has 1 saturated carbocycles. The maximum absolute atomic E-state index is 10.5. The van der Waals surface area contributed by atoms with Crippen molar-refractivity contribution in [2.45, 2.75) is 31.2 Å². The number of benzene rings is 1. The number of carboxylic acid groups (broad SMARTS) is 1. The summed E-state index contributed by atoms with van der Waals surface area (Å²) in [4.78, 5) is 18.4. The third-order valence-electron chi connectivity index (χ3n) is 3.89. The molecular weight excluding hydrogens is 254 g/mol. The van der Waals surface area contributed by atoms with Crippen LogP contribution in [0.3, 0.4) is 0 Å². The number of nitrogens with two attached hydrogens (primary N) is 1. The van der Waals surface area contributed by atoms with E-state index < -0.39 is 5.97 Å². The van der Waals surface area contributed by atoms with Crippen molar-refractivity contribution in [1.82, 2.24) is 9.97 Å². The number of H-pyrrole nitrogens is 1. The molecule has 1 aromatic carbocycles. The van der Waals surface area contributed by atoms with E-state index in [0.29, 0.717) is 0 Å². The lowest BCUT2D eigenvalue weighted by atomic mass is 9.99. The van der Waals surface area contributed by atoms with Crippen LogP contribution in [0, 0.1) is 0 Å². The van der Waals surface area contributed by atoms with Gasteiger partial charge in [0.1, 0.15) is 5.82 Å². The highest BCUT2D eigenvalue weighted by atomic mass is 16.4. The van der Waals surface area contributed by atoms with Crippen LogP contribution < -0.4 is 5.73 Å². The van der Waals surface area contributed by atoms with Crippen LogP contribution in [0.4, 0.5) is 0 Å². The molecule has 1 heterocycles. The molecule has 0 saturated heterocycles. The maximum atomic E-state index is 10.5. The van der Waals surface area contributed by atoms with Crippen LogP contribution in [0.25, 0.3) is 17.1 Å². The average Bonchev–Trinajstić information content (AvgIpc) is 3.02. The number of fused-ring (bicyclic) bond motifs is 1. The number of imidazole rings is 1. The Bertz CT molecular complexity index is 681. The Labute approximate surface area is 116 Å². The first-order chi connectivity index (χ1) is 9.57. The molecule has 5 nitrogen and oxygen atoms in total. The predicted molar refractivity (Wildman–Crippen MR) is 77.1 cm³/mol. The Morgan fingerprint density at radius 1 is 1.40 bits per heavy atom. The van der Waals surface area contributed by atoms with Crippen molar-refractivity contribution in [2.24, 2.45) is 5.73 Å². The second-order valence-electron chi connectivity index (χ2n) is 5.40. The van der Waals surface area contributed by atoms with Crippen molar-refractivity contribution in [3.8, 4) is 0 Å². The van der Waals surface area contributed by atoms with Gasteiger partial charge in [0.2, 0.25) is 0 Å². The molecule has 2 aromatic rings. The fourth-order valence-corrected chi connectivity index (χ4v) is 2.77. The van der Waals surface area contributed by atoms with Gasteiger partial charge in [-0.15, -0.1) is 0 Å². The van der Waals surface area contributed by atoms with Crippen LogP contribution in [0.1, 0.15) is 37.1 Å². The second kappa shape index (κ2) is 4.76. The van der Waals surface area contributed by atoms with Crippen molar-refractivity contribution >= 4 is 23.1 Å². The van der Waals surface area contributed by atoms with Crippen molar-refractivity contribution in [3.63, 3.8) is 0 Å². The Hall–Kier alpha value is -2.14. The number of carbonyl (C=O) groups is 1. The number of aromatic amines is 1. The van der Waals surface area contributed by atoms with E-state index in [0.717, 1.165) is 54.2 Å². The molecule has 0 atom stereocenters. The van der Waals surface area contributed by atoms with Gasteiger partial charge < -0.3 is 15.8 Å². The zero-order valence-corrected chi connectivity index (χ0v) is 11.1. The molecule has 0 radical (unpaired) electrons. The third-order valence-corrected chi connectivity index (χ3v) is 3.89. The van der Waals surface area contributed by atoms with Crippen LogP contribution in [0.5, 0.6) is 0 Å². The molecule has 0 aliphatic heterocycles. The van der Waals surface area contributed by atoms with Gasteiger partial charge in [0.25, 0.3) is 0 Å². The monoisotopic (exact) mass is 271 g/mol. The first kappa shape index (κ1) is 12.9. The summed E-state index contributed by atoms with van der Waals surface area (Å²) in [5, 5.41) is 8.64. The average molecular weight is 271 g/mol. The topological polar surface area (TPSA) is 92.0 Å². The predicted octanol–water partition coefficient (Wildman–Crippen LogP) is 2.39. The molecule has 0 spiro atoms. The standard InChI is InChI=1S/C15H17N3O2/c16-15(7-1-2-8-15)14-17-11-5-3-10(4-6-13(19)20)9-12(11)18-14/h3-6,9H,1-2,7-8,16H2,(H,17,18)(H,19,20)/b6-4-. The highest BCUT2D eigenvalue weighted by Gasteiger charge is 2.34. The zero-order valence-electron chi connectivity index (χ0n) is 11.1. The highest BCUT2D eigenvalue weighted by molar-refractivity contribution is 5.86. The quantitative estimate of drug-likeness (QED) is 0.747. The van der Waals surface area contributed by atoms with Gasteiger partial charge >= 0.3 is 5.97 Å². The van der Waals surface area contributed by atoms with Crippen LogP contribution in [0.15, 0.2) is 24.3 Å². The first-order valence-electron chi connectivity index (χ1n) is 6.77. The summed E-state index contributed by atoms with van der Waals surface area (Å²) < 4.78 is 0. The number of carboxylic acids is 1. The number of nitrogens with one attached hydrogen (secondary N) is 1. The van der Waals surface area contributed by atoms with Gasteiger partial charge in [-0.3, -0.25) is 0 Å². The van der Waals surface area contributed by atoms with Gasteiger partial charge in [-0.05, 0) is 36.6 Å². The number of hydrogen-bond acceptors (Lipinski definition) is 3. The van der Waals surface area contributed by atoms with Gasteiger partial charge in [0.05, 0.1) is 16.6 Å². The van der Waals surface area contributed by atoms with E-state index in [1.165, 1.54) is 0 Å². The molecule has 0 unspecified atom stereocenters. The van der Waals surface area contributed by atoms with Gasteiger partial charge in [0.15, 0.2) is 0 Å². The molecule has 1 aromatic heterocycles. The Morgan fingerprint density at radius 2 is 2.15 bits per heavy atom. The Morgan fingerprint density at radius 3 is 2.85 bits per heavy atom. The fraction of sp³-hybridized carbons (Fsp3) is 0.333. The van der Waals surface area contributed by atoms with Crippen molar-refractivity contribution in [2.75, 3.05) is 0 Å². The minimum atomic E-state index is -0.959. The first-order valence-corrected chi connectivity index (χ1v) is 6.77. The van der Waals surface area contributed by atoms with Crippen LogP contribution in [-0.2, 0) is 10.3 Å². The summed E-state index contributed by atoms with van der Waals surface area (Å²) in [5.41, 5.74) is 8.63. The van der Waals surface area contributed by atoms with Gasteiger partial charge in [-0.25, -0.2) is 9.78 Å². The second-order valence-corrected chi connectivity index (χ2v) is 5.40. The number of hydrogen-bond donors (Lipinski definition) is 3. The van der Waals surface area contributed by atoms with Crippen LogP contribution in [-0.4, -0.2) is 21.0 Å². The lowest BCUT2D eigenvalue weighted by molar-refractivity contribution is -0.131. The Balaban J connectivity index is 1.97. The number of rotatable bonds is 3. The highest BCUT2D eigenvalue weighted by Crippen LogP contribution is 2.35. The molecule has 4 N–H and O–H groups in total. The van der Waals surface area contributed by atoms with Gasteiger partial charge in [-0.1, -0.05) is 18.9 Å². The summed E-state index contributed by atoms with van der Waals surface area (Å²) in [6.45, 7) is 0. The Kier molecular flexibility index (Phi) is 3.06. The zero-order chi connectivity index (χ0) is 14.2. The minimum absolute atomic E-state index is 0.337. The maximum Gasteiger partial charge on any atom is 0.328 e. The van der Waals surface area contributed by atoms with Gasteiger partial charge in [0, 0.05) is 6.08 Å². The summed E-state index contributed by atoms with van der Waals surface area (Å²) >= 11 is 0. The number of aromatic nitrogens is 2. The largest absolute Gasteiger partial charge is 0.478 e. The van der Waals surface area contributed by atoms with E-state index >= 15 is 0 Å². The van der Waals surface area contributed by atoms with E-state index in [1.807, 2.05) is 18.2 Å². The van der Waals surface area contributed by atoms with Crippen molar-refractivity contribution < 1.29 is 9.90 Å². The lowest BCUT2D eigenvalue weighted by Gasteiger charge is -2.19. The van der Waals surface area contributed by atoms with Crippen molar-refractivity contribution in [1.29, 1.82) is 0 Å². The molecule has 104 valence electrons. The summed E-state index contributed by atoms with van der Waals surface area (Å²) in [7, 11) is 0. The van der Waals surface area contributed by atoms with Crippen LogP contribution in [0.2, 0.25) is 0 Å². The smallest absolute Gasteiger partial charge is 0.328 e. The molecule has 1 aliphatic rings. The third kappa shape index (κ3) is 2.32. The summed E-state index contributed by atoms with van der Waals surface area (Å²) in [6.07, 6.45) is 6.87. The normalized spacial score (nSPS) is 18.1. The van der Waals surface area contributed by atoms with E-state index in [-0.39, 0.29) is 5.54 Å². The lowest BCUT2D eigenvalue weighted by Crippen LogP contribution is -2.34. The summed E-state index contributed by atoms with van der Waals surface area (Å²) in [6, 6.07) is 5.64. The molecule has 0 bridgehead atoms. The minimum Gasteiger partial charge on any atom is -0.478 e. The molecule has 1 fully saturated rings. The molecule has 3 rings (SSSR count). The molecule has 0 amide bonds. The molecule has 20 heavy (non-hydrogen) atoms.